The van der Waals surface area contributed by atoms with E-state index in [0.29, 0.717) is 5.56 Å². The molecule has 0 unspecified atom stereocenters. The predicted molar refractivity (Wildman–Crippen MR) is 92.5 cm³/mol. The average Bonchev–Trinajstić information content (AvgIpc) is 2.48. The zero-order valence-corrected chi connectivity index (χ0v) is 13.9. The molecule has 0 radical (unpaired) electrons. The molecule has 4 heteroatoms. The minimum atomic E-state index is -0.581. The number of rotatable bonds is 2. The Morgan fingerprint density at radius 2 is 1.77 bits per heavy atom. The van der Waals surface area contributed by atoms with Gasteiger partial charge in [-0.1, -0.05) is 12.1 Å². The predicted octanol–water partition coefficient (Wildman–Crippen LogP) is 5.61. The number of nitrogens with zero attached hydrogens (tertiary/aromatic N) is 1. The molecule has 110 valence electrons. The maximum absolute atomic E-state index is 14.2. The van der Waals surface area contributed by atoms with E-state index in [0.717, 1.165) is 32.0 Å². The molecule has 0 N–H and O–H groups in total. The molecule has 0 saturated carbocycles. The van der Waals surface area contributed by atoms with Crippen LogP contribution in [0.1, 0.15) is 5.56 Å². The van der Waals surface area contributed by atoms with Crippen molar-refractivity contribution < 1.29 is 8.78 Å². The van der Waals surface area contributed by atoms with E-state index in [1.54, 1.807) is 6.20 Å². The van der Waals surface area contributed by atoms with Gasteiger partial charge in [-0.05, 0) is 65.4 Å². The third kappa shape index (κ3) is 2.88. The number of aryl methyl sites for hydroxylation is 1. The average molecular weight is 407 g/mol. The molecule has 0 aliphatic carbocycles. The van der Waals surface area contributed by atoms with E-state index in [9.17, 15) is 8.78 Å². The molecule has 1 heterocycles. The van der Waals surface area contributed by atoms with Gasteiger partial charge in [0, 0.05) is 32.5 Å². The molecule has 0 bridgehead atoms. The lowest BCUT2D eigenvalue weighted by Crippen LogP contribution is -1.94. The van der Waals surface area contributed by atoms with Crippen molar-refractivity contribution in [2.45, 2.75) is 6.92 Å². The number of halogens is 3. The van der Waals surface area contributed by atoms with E-state index in [1.165, 1.54) is 12.1 Å². The van der Waals surface area contributed by atoms with Gasteiger partial charge in [-0.3, -0.25) is 4.98 Å². The fourth-order valence-electron chi connectivity index (χ4n) is 2.39. The van der Waals surface area contributed by atoms with Crippen LogP contribution >= 0.6 is 22.6 Å². The normalized spacial score (nSPS) is 10.7. The third-order valence-electron chi connectivity index (χ3n) is 3.41. The van der Waals surface area contributed by atoms with Crippen LogP contribution in [0.2, 0.25) is 0 Å². The highest BCUT2D eigenvalue weighted by molar-refractivity contribution is 14.1. The Morgan fingerprint density at radius 3 is 2.50 bits per heavy atom. The summed E-state index contributed by atoms with van der Waals surface area (Å²) in [6, 6.07) is 13.2. The zero-order valence-electron chi connectivity index (χ0n) is 11.8. The summed E-state index contributed by atoms with van der Waals surface area (Å²) in [7, 11) is 0. The van der Waals surface area contributed by atoms with Crippen LogP contribution in [0.15, 0.2) is 54.7 Å². The smallest absolute Gasteiger partial charge is 0.133 e. The second-order valence-corrected chi connectivity index (χ2v) is 6.17. The minimum Gasteiger partial charge on any atom is -0.256 e. The quantitative estimate of drug-likeness (QED) is 0.504. The first-order chi connectivity index (χ1) is 10.6. The van der Waals surface area contributed by atoms with Crippen molar-refractivity contribution in [2.75, 3.05) is 0 Å². The zero-order chi connectivity index (χ0) is 15.7. The second-order valence-electron chi connectivity index (χ2n) is 5.00. The van der Waals surface area contributed by atoms with Crippen molar-refractivity contribution in [2.24, 2.45) is 0 Å². The Labute approximate surface area is 141 Å². The van der Waals surface area contributed by atoms with Crippen LogP contribution in [0, 0.1) is 22.1 Å². The first-order valence-corrected chi connectivity index (χ1v) is 7.81. The molecule has 0 saturated heterocycles. The minimum absolute atomic E-state index is 0.379. The molecule has 0 amide bonds. The van der Waals surface area contributed by atoms with E-state index < -0.39 is 11.6 Å². The van der Waals surface area contributed by atoms with Gasteiger partial charge >= 0.3 is 0 Å². The van der Waals surface area contributed by atoms with Crippen molar-refractivity contribution in [1.82, 2.24) is 4.98 Å². The number of hydrogen-bond donors (Lipinski definition) is 0. The summed E-state index contributed by atoms with van der Waals surface area (Å²) in [6.07, 6.45) is 1.73. The highest BCUT2D eigenvalue weighted by Gasteiger charge is 2.16. The van der Waals surface area contributed by atoms with Crippen LogP contribution in [0.3, 0.4) is 0 Å². The summed E-state index contributed by atoms with van der Waals surface area (Å²) >= 11 is 2.16. The largest absolute Gasteiger partial charge is 0.256 e. The number of aromatic nitrogens is 1. The molecule has 22 heavy (non-hydrogen) atoms. The van der Waals surface area contributed by atoms with Crippen molar-refractivity contribution >= 4 is 22.6 Å². The second kappa shape index (κ2) is 6.12. The van der Waals surface area contributed by atoms with Crippen LogP contribution < -0.4 is 0 Å². The Hall–Kier alpha value is -1.82. The molecule has 0 aliphatic rings. The van der Waals surface area contributed by atoms with E-state index in [2.05, 4.69) is 27.6 Å². The van der Waals surface area contributed by atoms with Crippen molar-refractivity contribution in [1.29, 1.82) is 0 Å². The maximum atomic E-state index is 14.2. The first kappa shape index (κ1) is 15.1. The molecular weight excluding hydrogens is 395 g/mol. The Bertz CT molecular complexity index is 846. The molecule has 3 aromatic rings. The van der Waals surface area contributed by atoms with Crippen molar-refractivity contribution in [3.8, 4) is 22.4 Å². The van der Waals surface area contributed by atoms with Gasteiger partial charge in [0.25, 0.3) is 0 Å². The van der Waals surface area contributed by atoms with Crippen LogP contribution in [0.25, 0.3) is 22.4 Å². The van der Waals surface area contributed by atoms with E-state index >= 15 is 0 Å². The lowest BCUT2D eigenvalue weighted by atomic mass is 9.96. The molecular formula is C18H12F2IN. The molecule has 1 nitrogen and oxygen atoms in total. The summed E-state index contributed by atoms with van der Waals surface area (Å²) in [5.41, 5.74) is 3.80. The third-order valence-corrected chi connectivity index (χ3v) is 4.30. The van der Waals surface area contributed by atoms with Crippen LogP contribution in [0.5, 0.6) is 0 Å². The number of pyridine rings is 1. The van der Waals surface area contributed by atoms with E-state index in [4.69, 9.17) is 0 Å². The summed E-state index contributed by atoms with van der Waals surface area (Å²) in [5.74, 6) is -1.15. The van der Waals surface area contributed by atoms with Gasteiger partial charge in [0.2, 0.25) is 0 Å². The van der Waals surface area contributed by atoms with Gasteiger partial charge in [-0.25, -0.2) is 8.78 Å². The highest BCUT2D eigenvalue weighted by atomic mass is 127. The molecule has 3 rings (SSSR count). The van der Waals surface area contributed by atoms with Crippen LogP contribution in [-0.2, 0) is 0 Å². The molecule has 0 spiro atoms. The molecule has 0 atom stereocenters. The van der Waals surface area contributed by atoms with E-state index in [1.807, 2.05) is 37.3 Å². The van der Waals surface area contributed by atoms with Gasteiger partial charge < -0.3 is 0 Å². The maximum Gasteiger partial charge on any atom is 0.133 e. The SMILES string of the molecule is Cc1ccnc(-c2cccc(I)c2-c2ccc(F)cc2F)c1. The summed E-state index contributed by atoms with van der Waals surface area (Å²) < 4.78 is 28.3. The van der Waals surface area contributed by atoms with Crippen molar-refractivity contribution in [3.63, 3.8) is 0 Å². The van der Waals surface area contributed by atoms with Gasteiger partial charge in [0.15, 0.2) is 0 Å². The lowest BCUT2D eigenvalue weighted by molar-refractivity contribution is 0.585. The monoisotopic (exact) mass is 407 g/mol. The van der Waals surface area contributed by atoms with E-state index in [-0.39, 0.29) is 0 Å². The summed E-state index contributed by atoms with van der Waals surface area (Å²) in [6.45, 7) is 1.98. The molecule has 2 aromatic carbocycles. The Balaban J connectivity index is 2.28. The van der Waals surface area contributed by atoms with Gasteiger partial charge in [-0.2, -0.15) is 0 Å². The molecule has 1 aromatic heterocycles. The Kier molecular flexibility index (Phi) is 4.20. The topological polar surface area (TPSA) is 12.9 Å². The van der Waals surface area contributed by atoms with Crippen LogP contribution in [-0.4, -0.2) is 4.98 Å². The van der Waals surface area contributed by atoms with Gasteiger partial charge in [0.05, 0.1) is 5.69 Å². The van der Waals surface area contributed by atoms with Crippen LogP contribution in [0.4, 0.5) is 8.78 Å². The van der Waals surface area contributed by atoms with Gasteiger partial charge in [-0.15, -0.1) is 0 Å². The number of hydrogen-bond acceptors (Lipinski definition) is 1. The standard InChI is InChI=1S/C18H12F2IN/c1-11-7-8-22-17(9-11)14-3-2-4-16(21)18(14)13-6-5-12(19)10-15(13)20/h2-10H,1H3. The summed E-state index contributed by atoms with van der Waals surface area (Å²) in [5, 5.41) is 0. The Morgan fingerprint density at radius 1 is 0.955 bits per heavy atom. The molecule has 0 aliphatic heterocycles. The fourth-order valence-corrected chi connectivity index (χ4v) is 3.18. The fraction of sp³-hybridized carbons (Fsp3) is 0.0556. The highest BCUT2D eigenvalue weighted by Crippen LogP contribution is 2.36. The van der Waals surface area contributed by atoms with Crippen molar-refractivity contribution in [3.05, 3.63) is 75.5 Å². The molecule has 0 fully saturated rings. The number of benzene rings is 2. The lowest BCUT2D eigenvalue weighted by Gasteiger charge is -2.13. The first-order valence-electron chi connectivity index (χ1n) is 6.73. The summed E-state index contributed by atoms with van der Waals surface area (Å²) in [4.78, 5) is 4.38. The van der Waals surface area contributed by atoms with Gasteiger partial charge in [0.1, 0.15) is 11.6 Å².